The summed E-state index contributed by atoms with van der Waals surface area (Å²) in [5, 5.41) is 15.5. The lowest BCUT2D eigenvalue weighted by Gasteiger charge is -2.30. The third-order valence-corrected chi connectivity index (χ3v) is 7.25. The van der Waals surface area contributed by atoms with Gasteiger partial charge in [-0.05, 0) is 55.0 Å². The minimum Gasteiger partial charge on any atom is -0.503 e. The number of phenolic OH excluding ortho intramolecular Hbond substituents is 1. The van der Waals surface area contributed by atoms with E-state index >= 15 is 0 Å². The van der Waals surface area contributed by atoms with Crippen LogP contribution >= 0.6 is 0 Å². The van der Waals surface area contributed by atoms with Crippen molar-refractivity contribution in [2.75, 3.05) is 19.0 Å². The summed E-state index contributed by atoms with van der Waals surface area (Å²) in [7, 11) is 1.34. The van der Waals surface area contributed by atoms with Gasteiger partial charge in [0.2, 0.25) is 0 Å². The Bertz CT molecular complexity index is 1440. The van der Waals surface area contributed by atoms with Gasteiger partial charge >= 0.3 is 6.09 Å². The maximum Gasteiger partial charge on any atom is 0.408 e. The number of amides is 2. The van der Waals surface area contributed by atoms with E-state index in [4.69, 9.17) is 9.47 Å². The molecule has 2 atom stereocenters. The first kappa shape index (κ1) is 30.6. The second-order valence-electron chi connectivity index (χ2n) is 10.2. The van der Waals surface area contributed by atoms with Crippen molar-refractivity contribution in [3.05, 3.63) is 93.4 Å². The predicted molar refractivity (Wildman–Crippen MR) is 148 cm³/mol. The highest BCUT2D eigenvalue weighted by molar-refractivity contribution is 5.96. The molecule has 4 rings (SSSR count). The third-order valence-electron chi connectivity index (χ3n) is 7.25. The fourth-order valence-corrected chi connectivity index (χ4v) is 5.06. The molecular weight excluding hydrogens is 555 g/mol. The smallest absolute Gasteiger partial charge is 0.408 e. The number of hydrogen-bond donors (Lipinski definition) is 4. The molecule has 1 heterocycles. The Balaban J connectivity index is 1.59. The van der Waals surface area contributed by atoms with Crippen LogP contribution in [-0.4, -0.2) is 48.1 Å². The van der Waals surface area contributed by atoms with Gasteiger partial charge in [-0.15, -0.1) is 0 Å². The number of carbonyl (C=O) groups excluding carboxylic acids is 2. The Hall–Kier alpha value is -4.32. The van der Waals surface area contributed by atoms with Crippen LogP contribution < -0.4 is 16.2 Å². The number of benzene rings is 2. The van der Waals surface area contributed by atoms with Crippen LogP contribution in [0.3, 0.4) is 0 Å². The highest BCUT2D eigenvalue weighted by atomic mass is 19.1. The van der Waals surface area contributed by atoms with Crippen LogP contribution in [-0.2, 0) is 20.8 Å². The number of hydrogen-bond acceptors (Lipinski definition) is 6. The van der Waals surface area contributed by atoms with Crippen molar-refractivity contribution in [3.63, 3.8) is 0 Å². The lowest BCUT2D eigenvalue weighted by molar-refractivity contribution is -0.128. The van der Waals surface area contributed by atoms with E-state index in [-0.39, 0.29) is 55.6 Å². The second-order valence-corrected chi connectivity index (χ2v) is 10.2. The van der Waals surface area contributed by atoms with Crippen molar-refractivity contribution < 1.29 is 37.3 Å². The Morgan fingerprint density at radius 1 is 1.10 bits per heavy atom. The van der Waals surface area contributed by atoms with Crippen molar-refractivity contribution in [2.45, 2.75) is 50.4 Å². The molecular formula is C30H32F3N3O6. The van der Waals surface area contributed by atoms with Crippen LogP contribution in [0, 0.1) is 17.6 Å². The molecule has 0 saturated heterocycles. The van der Waals surface area contributed by atoms with Crippen molar-refractivity contribution in [2.24, 2.45) is 5.92 Å². The molecule has 224 valence electrons. The van der Waals surface area contributed by atoms with E-state index in [2.05, 4.69) is 15.6 Å². The summed E-state index contributed by atoms with van der Waals surface area (Å²) < 4.78 is 53.4. The molecule has 1 aliphatic carbocycles. The van der Waals surface area contributed by atoms with E-state index in [1.54, 1.807) is 24.3 Å². The lowest BCUT2D eigenvalue weighted by atomic mass is 9.84. The van der Waals surface area contributed by atoms with Gasteiger partial charge in [-0.1, -0.05) is 30.3 Å². The summed E-state index contributed by atoms with van der Waals surface area (Å²) in [5.41, 5.74) is -0.140. The van der Waals surface area contributed by atoms with Crippen LogP contribution in [0.1, 0.15) is 48.3 Å². The predicted octanol–water partition coefficient (Wildman–Crippen LogP) is 4.90. The largest absolute Gasteiger partial charge is 0.503 e. The molecule has 42 heavy (non-hydrogen) atoms. The zero-order valence-corrected chi connectivity index (χ0v) is 22.9. The van der Waals surface area contributed by atoms with E-state index in [1.165, 1.54) is 13.2 Å². The molecule has 1 aliphatic rings. The van der Waals surface area contributed by atoms with Crippen molar-refractivity contribution in [3.8, 4) is 5.75 Å². The molecule has 1 aromatic heterocycles. The monoisotopic (exact) mass is 587 g/mol. The highest BCUT2D eigenvalue weighted by Crippen LogP contribution is 2.35. The first-order valence-corrected chi connectivity index (χ1v) is 13.5. The number of methoxy groups -OCH3 is 1. The van der Waals surface area contributed by atoms with E-state index < -0.39 is 59.1 Å². The molecule has 0 radical (unpaired) electrons. The quantitative estimate of drug-likeness (QED) is 0.250. The molecule has 9 nitrogen and oxygen atoms in total. The number of alkyl halides is 1. The van der Waals surface area contributed by atoms with Gasteiger partial charge in [-0.25, -0.2) is 18.0 Å². The average molecular weight is 588 g/mol. The summed E-state index contributed by atoms with van der Waals surface area (Å²) in [6.45, 7) is -0.0106. The Labute approximate surface area is 240 Å². The number of rotatable bonds is 10. The summed E-state index contributed by atoms with van der Waals surface area (Å²) in [5.74, 6) is -5.08. The van der Waals surface area contributed by atoms with Crippen LogP contribution in [0.4, 0.5) is 23.7 Å². The van der Waals surface area contributed by atoms with Crippen molar-refractivity contribution in [1.29, 1.82) is 0 Å². The zero-order chi connectivity index (χ0) is 30.2. The molecule has 1 saturated carbocycles. The lowest BCUT2D eigenvalue weighted by Crippen LogP contribution is -2.42. The molecule has 4 N–H and O–H groups in total. The number of alkyl carbamates (subject to hydrolysis) is 1. The number of carbonyl (C=O) groups is 2. The number of anilines is 1. The molecule has 2 unspecified atom stereocenters. The number of aromatic hydroxyl groups is 1. The Morgan fingerprint density at radius 2 is 1.81 bits per heavy atom. The topological polar surface area (TPSA) is 130 Å². The Kier molecular flexibility index (Phi) is 10.2. The molecule has 2 amide bonds. The van der Waals surface area contributed by atoms with Crippen molar-refractivity contribution in [1.82, 2.24) is 10.3 Å². The van der Waals surface area contributed by atoms with Crippen molar-refractivity contribution >= 4 is 17.7 Å². The van der Waals surface area contributed by atoms with Crippen LogP contribution in [0.2, 0.25) is 0 Å². The number of halogens is 3. The summed E-state index contributed by atoms with van der Waals surface area (Å²) in [6.07, 6.45) is -1.51. The average Bonchev–Trinajstić information content (AvgIpc) is 2.98. The van der Waals surface area contributed by atoms with Gasteiger partial charge in [0.1, 0.15) is 12.0 Å². The van der Waals surface area contributed by atoms with Gasteiger partial charge in [0.05, 0.1) is 12.3 Å². The van der Waals surface area contributed by atoms with Crippen LogP contribution in [0.5, 0.6) is 5.75 Å². The summed E-state index contributed by atoms with van der Waals surface area (Å²) in [4.78, 5) is 40.8. The number of ether oxygens (including phenoxy) is 2. The molecule has 3 aromatic rings. The van der Waals surface area contributed by atoms with Gasteiger partial charge < -0.3 is 30.2 Å². The molecule has 12 heteroatoms. The number of H-pyrrole nitrogens is 1. The summed E-state index contributed by atoms with van der Waals surface area (Å²) in [6, 6.07) is 12.2. The van der Waals surface area contributed by atoms with E-state index in [1.807, 2.05) is 6.07 Å². The van der Waals surface area contributed by atoms with Gasteiger partial charge in [-0.2, -0.15) is 0 Å². The number of aromatic nitrogens is 1. The van der Waals surface area contributed by atoms with Crippen LogP contribution in [0.25, 0.3) is 0 Å². The number of phenols is 1. The highest BCUT2D eigenvalue weighted by Gasteiger charge is 2.36. The van der Waals surface area contributed by atoms with Gasteiger partial charge in [-0.3, -0.25) is 9.59 Å². The van der Waals surface area contributed by atoms with Gasteiger partial charge in [0.15, 0.2) is 17.7 Å². The maximum atomic E-state index is 14.9. The Morgan fingerprint density at radius 3 is 2.50 bits per heavy atom. The molecule has 0 spiro atoms. The first-order chi connectivity index (χ1) is 20.2. The zero-order valence-electron chi connectivity index (χ0n) is 22.9. The summed E-state index contributed by atoms with van der Waals surface area (Å²) >= 11 is 0. The van der Waals surface area contributed by atoms with E-state index in [9.17, 15) is 32.7 Å². The maximum absolute atomic E-state index is 14.9. The number of aromatic amines is 1. The first-order valence-electron chi connectivity index (χ1n) is 13.5. The standard InChI is InChI=1S/C30H32F3N3O6/c1-41-16-23(22-13-21(32)15-34-28(22)38)19-11-24(33)26(37)25(12-19)36-29(39)27(18-7-9-20(31)10-8-18)42-30(40)35-14-17-5-3-2-4-6-17/h2-6,11-13,15,18,20,23,27,37H,7-10,14,16H2,1H3,(H,34,38)(H,35,40)(H,36,39). The van der Waals surface area contributed by atoms with Crippen LogP contribution in [0.15, 0.2) is 59.5 Å². The van der Waals surface area contributed by atoms with E-state index in [0.29, 0.717) is 0 Å². The normalized spacial score (nSPS) is 18.1. The molecule has 0 aliphatic heterocycles. The number of pyridine rings is 1. The minimum absolute atomic E-state index is 0.0569. The van der Waals surface area contributed by atoms with Gasteiger partial charge in [0, 0.05) is 37.3 Å². The fourth-order valence-electron chi connectivity index (χ4n) is 5.06. The third kappa shape index (κ3) is 7.69. The van der Waals surface area contributed by atoms with E-state index in [0.717, 1.165) is 23.9 Å². The SMILES string of the molecule is COCC(c1cc(F)c(O)c(NC(=O)C(OC(=O)NCc2ccccc2)C2CCC(F)CC2)c1)c1cc(F)c[nH]c1=O. The number of nitrogens with one attached hydrogen (secondary N) is 3. The molecule has 2 aromatic carbocycles. The minimum atomic E-state index is -1.37. The second kappa shape index (κ2) is 14.0. The molecule has 0 bridgehead atoms. The fraction of sp³-hybridized carbons (Fsp3) is 0.367. The van der Waals surface area contributed by atoms with Gasteiger partial charge in [0.25, 0.3) is 11.5 Å². The molecule has 1 fully saturated rings.